The van der Waals surface area contributed by atoms with Crippen molar-refractivity contribution in [3.63, 3.8) is 0 Å². The van der Waals surface area contributed by atoms with Crippen LogP contribution in [0.5, 0.6) is 0 Å². The number of imide groups is 1. The number of carbonyl (C=O) groups is 2. The van der Waals surface area contributed by atoms with Gasteiger partial charge >= 0.3 is 6.03 Å². The summed E-state index contributed by atoms with van der Waals surface area (Å²) in [7, 11) is 0. The summed E-state index contributed by atoms with van der Waals surface area (Å²) in [6, 6.07) is 6.47. The quantitative estimate of drug-likeness (QED) is 0.749. The number of halogens is 1. The van der Waals surface area contributed by atoms with Crippen molar-refractivity contribution in [2.45, 2.75) is 37.7 Å². The van der Waals surface area contributed by atoms with Gasteiger partial charge in [0.1, 0.15) is 0 Å². The molecule has 0 aliphatic rings. The molecule has 3 amide bonds. The molecule has 0 fully saturated rings. The lowest BCUT2D eigenvalue weighted by Gasteiger charge is -2.18. The molecule has 134 valence electrons. The van der Waals surface area contributed by atoms with Gasteiger partial charge in [-0.3, -0.25) is 10.1 Å². The van der Waals surface area contributed by atoms with Crippen molar-refractivity contribution in [2.75, 3.05) is 0 Å². The van der Waals surface area contributed by atoms with Crippen molar-refractivity contribution in [1.29, 1.82) is 0 Å². The van der Waals surface area contributed by atoms with Crippen LogP contribution in [-0.2, 0) is 11.3 Å². The van der Waals surface area contributed by atoms with Gasteiger partial charge < -0.3 is 10.3 Å². The lowest BCUT2D eigenvalue weighted by Crippen LogP contribution is -2.42. The standard InChI is InChI=1S/C16H20ClN5O2S/c1-4-22-13(10-6-5-7-11(17)8-10)20-21-16(22)25-12(9(2)3)14(23)19-15(18)24/h5-9,12H,4H2,1-3H3,(H3,18,19,23,24). The Morgan fingerprint density at radius 1 is 1.36 bits per heavy atom. The third-order valence-electron chi connectivity index (χ3n) is 3.46. The highest BCUT2D eigenvalue weighted by Gasteiger charge is 2.27. The number of nitrogens with zero attached hydrogens (tertiary/aromatic N) is 3. The average molecular weight is 382 g/mol. The van der Waals surface area contributed by atoms with E-state index in [0.717, 1.165) is 5.56 Å². The van der Waals surface area contributed by atoms with Gasteiger partial charge in [0.25, 0.3) is 0 Å². The largest absolute Gasteiger partial charge is 0.351 e. The summed E-state index contributed by atoms with van der Waals surface area (Å²) >= 11 is 7.31. The van der Waals surface area contributed by atoms with Gasteiger partial charge in [0.2, 0.25) is 5.91 Å². The minimum absolute atomic E-state index is 0.0269. The van der Waals surface area contributed by atoms with Crippen LogP contribution in [0.25, 0.3) is 11.4 Å². The van der Waals surface area contributed by atoms with Crippen LogP contribution < -0.4 is 11.1 Å². The van der Waals surface area contributed by atoms with Gasteiger partial charge in [-0.1, -0.05) is 49.3 Å². The summed E-state index contributed by atoms with van der Waals surface area (Å²) in [5.74, 6) is 0.203. The molecule has 7 nitrogen and oxygen atoms in total. The zero-order valence-electron chi connectivity index (χ0n) is 14.2. The molecule has 0 aliphatic carbocycles. The first-order valence-corrected chi connectivity index (χ1v) is 9.05. The van der Waals surface area contributed by atoms with E-state index in [1.54, 1.807) is 6.07 Å². The summed E-state index contributed by atoms with van der Waals surface area (Å²) in [4.78, 5) is 23.2. The molecule has 0 saturated carbocycles. The van der Waals surface area contributed by atoms with Crippen LogP contribution in [0.2, 0.25) is 5.02 Å². The lowest BCUT2D eigenvalue weighted by molar-refractivity contribution is -0.120. The normalized spacial score (nSPS) is 12.2. The van der Waals surface area contributed by atoms with Gasteiger partial charge in [0.15, 0.2) is 11.0 Å². The molecule has 0 radical (unpaired) electrons. The first-order chi connectivity index (χ1) is 11.8. The SMILES string of the molecule is CCn1c(SC(C(=O)NC(N)=O)C(C)C)nnc1-c1cccc(Cl)c1. The lowest BCUT2D eigenvalue weighted by atomic mass is 10.1. The number of thioether (sulfide) groups is 1. The summed E-state index contributed by atoms with van der Waals surface area (Å²) in [6.45, 7) is 6.38. The van der Waals surface area contributed by atoms with E-state index in [2.05, 4.69) is 15.5 Å². The summed E-state index contributed by atoms with van der Waals surface area (Å²) in [6.07, 6.45) is 0. The van der Waals surface area contributed by atoms with Crippen molar-refractivity contribution in [1.82, 2.24) is 20.1 Å². The van der Waals surface area contributed by atoms with E-state index >= 15 is 0 Å². The topological polar surface area (TPSA) is 103 Å². The van der Waals surface area contributed by atoms with Crippen LogP contribution in [-0.4, -0.2) is 32.0 Å². The Labute approximate surface area is 155 Å². The molecule has 1 atom stereocenters. The first kappa shape index (κ1) is 19.3. The number of rotatable bonds is 6. The van der Waals surface area contributed by atoms with Gasteiger partial charge in [-0.25, -0.2) is 4.79 Å². The fourth-order valence-corrected chi connectivity index (χ4v) is 3.59. The number of amides is 3. The van der Waals surface area contributed by atoms with Gasteiger partial charge in [-0.2, -0.15) is 0 Å². The second-order valence-electron chi connectivity index (χ2n) is 5.70. The van der Waals surface area contributed by atoms with Gasteiger partial charge in [-0.05, 0) is 25.0 Å². The molecule has 25 heavy (non-hydrogen) atoms. The number of benzene rings is 1. The smallest absolute Gasteiger partial charge is 0.318 e. The number of hydrogen-bond acceptors (Lipinski definition) is 5. The van der Waals surface area contributed by atoms with Crippen LogP contribution in [0.3, 0.4) is 0 Å². The Bertz CT molecular complexity index is 778. The molecule has 3 N–H and O–H groups in total. The predicted molar refractivity (Wildman–Crippen MR) is 98.4 cm³/mol. The molecule has 1 aromatic carbocycles. The number of hydrogen-bond donors (Lipinski definition) is 2. The number of aromatic nitrogens is 3. The predicted octanol–water partition coefficient (Wildman–Crippen LogP) is 2.93. The molecular weight excluding hydrogens is 362 g/mol. The van der Waals surface area contributed by atoms with Crippen LogP contribution in [0, 0.1) is 5.92 Å². The Hall–Kier alpha value is -2.06. The Morgan fingerprint density at radius 3 is 2.64 bits per heavy atom. The Balaban J connectivity index is 2.33. The number of primary amides is 1. The zero-order valence-corrected chi connectivity index (χ0v) is 15.8. The zero-order chi connectivity index (χ0) is 18.6. The molecule has 0 bridgehead atoms. The highest BCUT2D eigenvalue weighted by molar-refractivity contribution is 8.00. The molecule has 0 aliphatic heterocycles. The van der Waals surface area contributed by atoms with E-state index in [4.69, 9.17) is 17.3 Å². The number of carbonyl (C=O) groups excluding carboxylic acids is 2. The number of nitrogens with two attached hydrogens (primary N) is 1. The summed E-state index contributed by atoms with van der Waals surface area (Å²) in [5, 5.41) is 11.3. The molecule has 0 saturated heterocycles. The summed E-state index contributed by atoms with van der Waals surface area (Å²) < 4.78 is 1.91. The maximum Gasteiger partial charge on any atom is 0.318 e. The van der Waals surface area contributed by atoms with Crippen molar-refractivity contribution in [2.24, 2.45) is 11.7 Å². The van der Waals surface area contributed by atoms with Crippen molar-refractivity contribution in [3.8, 4) is 11.4 Å². The van der Waals surface area contributed by atoms with Crippen molar-refractivity contribution >= 4 is 35.3 Å². The molecule has 2 rings (SSSR count). The number of urea groups is 1. The maximum atomic E-state index is 12.2. The highest BCUT2D eigenvalue weighted by Crippen LogP contribution is 2.30. The van der Waals surface area contributed by atoms with E-state index in [1.165, 1.54) is 11.8 Å². The van der Waals surface area contributed by atoms with Gasteiger partial charge in [0, 0.05) is 17.1 Å². The molecular formula is C16H20ClN5O2S. The molecule has 1 aromatic heterocycles. The average Bonchev–Trinajstić information content (AvgIpc) is 2.94. The number of nitrogens with one attached hydrogen (secondary N) is 1. The first-order valence-electron chi connectivity index (χ1n) is 7.79. The van der Waals surface area contributed by atoms with Crippen LogP contribution >= 0.6 is 23.4 Å². The fourth-order valence-electron chi connectivity index (χ4n) is 2.30. The van der Waals surface area contributed by atoms with Crippen LogP contribution in [0.1, 0.15) is 20.8 Å². The third-order valence-corrected chi connectivity index (χ3v) is 5.22. The third kappa shape index (κ3) is 4.73. The minimum Gasteiger partial charge on any atom is -0.351 e. The van der Waals surface area contributed by atoms with E-state index in [0.29, 0.717) is 22.5 Å². The minimum atomic E-state index is -0.868. The van der Waals surface area contributed by atoms with E-state index in [1.807, 2.05) is 43.5 Å². The molecule has 9 heteroatoms. The van der Waals surface area contributed by atoms with Crippen molar-refractivity contribution in [3.05, 3.63) is 29.3 Å². The molecule has 1 heterocycles. The Kier molecular flexibility index (Phi) is 6.44. The molecule has 0 spiro atoms. The Morgan fingerprint density at radius 2 is 2.08 bits per heavy atom. The van der Waals surface area contributed by atoms with E-state index < -0.39 is 17.2 Å². The monoisotopic (exact) mass is 381 g/mol. The van der Waals surface area contributed by atoms with Gasteiger partial charge in [-0.15, -0.1) is 10.2 Å². The van der Waals surface area contributed by atoms with E-state index in [9.17, 15) is 9.59 Å². The van der Waals surface area contributed by atoms with E-state index in [-0.39, 0.29) is 5.92 Å². The molecule has 1 unspecified atom stereocenters. The fraction of sp³-hybridized carbons (Fsp3) is 0.375. The second kappa shape index (κ2) is 8.35. The van der Waals surface area contributed by atoms with Gasteiger partial charge in [0.05, 0.1) is 5.25 Å². The van der Waals surface area contributed by atoms with Crippen LogP contribution in [0.15, 0.2) is 29.4 Å². The second-order valence-corrected chi connectivity index (χ2v) is 7.24. The van der Waals surface area contributed by atoms with Crippen LogP contribution in [0.4, 0.5) is 4.79 Å². The maximum absolute atomic E-state index is 12.2. The van der Waals surface area contributed by atoms with Crippen molar-refractivity contribution < 1.29 is 9.59 Å². The summed E-state index contributed by atoms with van der Waals surface area (Å²) in [5.41, 5.74) is 5.89. The highest BCUT2D eigenvalue weighted by atomic mass is 35.5. The molecule has 2 aromatic rings.